The van der Waals surface area contributed by atoms with E-state index in [9.17, 15) is 13.2 Å². The molecule has 2 aromatic carbocycles. The maximum Gasteiger partial charge on any atom is 0.256 e. The zero-order chi connectivity index (χ0) is 20.4. The maximum absolute atomic E-state index is 13.0. The summed E-state index contributed by atoms with van der Waals surface area (Å²) in [4.78, 5) is 17.4. The van der Waals surface area contributed by atoms with Crippen LogP contribution in [0, 0.1) is 6.92 Å². The van der Waals surface area contributed by atoms with Crippen LogP contribution in [0.1, 0.15) is 15.9 Å². The number of morpholine rings is 1. The molecule has 8 heteroatoms. The molecule has 1 aromatic heterocycles. The molecular weight excluding hydrogens is 390 g/mol. The second-order valence-corrected chi connectivity index (χ2v) is 8.77. The average molecular weight is 411 g/mol. The van der Waals surface area contributed by atoms with Gasteiger partial charge in [-0.3, -0.25) is 9.78 Å². The quantitative estimate of drug-likeness (QED) is 0.713. The summed E-state index contributed by atoms with van der Waals surface area (Å²) < 4.78 is 32.5. The van der Waals surface area contributed by atoms with Gasteiger partial charge in [0.05, 0.1) is 29.3 Å². The van der Waals surface area contributed by atoms with Crippen molar-refractivity contribution in [2.24, 2.45) is 0 Å². The molecule has 1 aliphatic heterocycles. The van der Waals surface area contributed by atoms with E-state index in [1.54, 1.807) is 25.3 Å². The molecule has 29 heavy (non-hydrogen) atoms. The molecule has 0 unspecified atom stereocenters. The van der Waals surface area contributed by atoms with Crippen molar-refractivity contribution in [3.63, 3.8) is 0 Å². The number of carbonyl (C=O) groups is 1. The molecule has 1 fully saturated rings. The number of hydrogen-bond donors (Lipinski definition) is 1. The highest BCUT2D eigenvalue weighted by Crippen LogP contribution is 2.24. The fraction of sp³-hybridized carbons (Fsp3) is 0.238. The number of amides is 1. The lowest BCUT2D eigenvalue weighted by molar-refractivity contribution is 0.0730. The number of rotatable bonds is 4. The Hall–Kier alpha value is -2.81. The van der Waals surface area contributed by atoms with Crippen molar-refractivity contribution < 1.29 is 17.9 Å². The predicted octanol–water partition coefficient (Wildman–Crippen LogP) is 2.82. The van der Waals surface area contributed by atoms with Gasteiger partial charge in [0.25, 0.3) is 5.91 Å². The summed E-state index contributed by atoms with van der Waals surface area (Å²) in [5.74, 6) is -0.375. The molecule has 1 amide bonds. The van der Waals surface area contributed by atoms with Crippen LogP contribution in [0.25, 0.3) is 10.9 Å². The van der Waals surface area contributed by atoms with Crippen LogP contribution in [0.15, 0.2) is 59.6 Å². The Morgan fingerprint density at radius 2 is 1.86 bits per heavy atom. The van der Waals surface area contributed by atoms with Gasteiger partial charge in [0.1, 0.15) is 0 Å². The van der Waals surface area contributed by atoms with E-state index >= 15 is 0 Å². The number of benzene rings is 2. The van der Waals surface area contributed by atoms with Crippen molar-refractivity contribution in [1.82, 2.24) is 9.29 Å². The molecule has 1 aliphatic rings. The number of hydrogen-bond acceptors (Lipinski definition) is 5. The number of sulfonamides is 1. The number of nitrogens with one attached hydrogen (secondary N) is 1. The minimum Gasteiger partial charge on any atom is -0.379 e. The topological polar surface area (TPSA) is 88.6 Å². The van der Waals surface area contributed by atoms with Gasteiger partial charge >= 0.3 is 0 Å². The number of ether oxygens (including phenoxy) is 1. The number of para-hydroxylation sites is 1. The standard InChI is InChI=1S/C21H21N3O4S/c1-15-7-8-17(29(26,27)24-10-12-28-13-11-24)14-18(15)21(25)23-19-6-2-4-16-5-3-9-22-20(16)19/h2-9,14H,10-13H2,1H3,(H,23,25). The molecule has 0 saturated carbocycles. The summed E-state index contributed by atoms with van der Waals surface area (Å²) in [6, 6.07) is 13.9. The number of carbonyl (C=O) groups excluding carboxylic acids is 1. The highest BCUT2D eigenvalue weighted by molar-refractivity contribution is 7.89. The predicted molar refractivity (Wildman–Crippen MR) is 110 cm³/mol. The lowest BCUT2D eigenvalue weighted by Gasteiger charge is -2.26. The minimum absolute atomic E-state index is 0.103. The molecule has 2 heterocycles. The number of pyridine rings is 1. The molecule has 0 spiro atoms. The Morgan fingerprint density at radius 1 is 1.10 bits per heavy atom. The van der Waals surface area contributed by atoms with Crippen molar-refractivity contribution in [3.05, 3.63) is 65.9 Å². The SMILES string of the molecule is Cc1ccc(S(=O)(=O)N2CCOCC2)cc1C(=O)Nc1cccc2cccnc12. The summed E-state index contributed by atoms with van der Waals surface area (Å²) in [6.07, 6.45) is 1.67. The molecule has 7 nitrogen and oxygen atoms in total. The zero-order valence-electron chi connectivity index (χ0n) is 16.0. The van der Waals surface area contributed by atoms with Gasteiger partial charge in [-0.1, -0.05) is 24.3 Å². The molecule has 0 radical (unpaired) electrons. The van der Waals surface area contributed by atoms with Crippen molar-refractivity contribution in [2.75, 3.05) is 31.6 Å². The van der Waals surface area contributed by atoms with Gasteiger partial charge in [-0.05, 0) is 36.8 Å². The molecule has 0 aliphatic carbocycles. The van der Waals surface area contributed by atoms with Crippen LogP contribution in [-0.2, 0) is 14.8 Å². The van der Waals surface area contributed by atoms with Crippen LogP contribution in [-0.4, -0.2) is 49.9 Å². The van der Waals surface area contributed by atoms with Crippen molar-refractivity contribution in [1.29, 1.82) is 0 Å². The fourth-order valence-corrected chi connectivity index (χ4v) is 4.77. The van der Waals surface area contributed by atoms with Gasteiger partial charge in [0.15, 0.2) is 0 Å². The van der Waals surface area contributed by atoms with Crippen LogP contribution in [0.4, 0.5) is 5.69 Å². The maximum atomic E-state index is 13.0. The lowest BCUT2D eigenvalue weighted by atomic mass is 10.1. The van der Waals surface area contributed by atoms with Gasteiger partial charge in [-0.2, -0.15) is 4.31 Å². The third-order valence-corrected chi connectivity index (χ3v) is 6.84. The number of nitrogens with zero attached hydrogens (tertiary/aromatic N) is 2. The Bertz CT molecular complexity index is 1170. The van der Waals surface area contributed by atoms with Gasteiger partial charge in [0.2, 0.25) is 10.0 Å². The molecular formula is C21H21N3O4S. The number of fused-ring (bicyclic) bond motifs is 1. The van der Waals surface area contributed by atoms with Crippen LogP contribution >= 0.6 is 0 Å². The van der Waals surface area contributed by atoms with E-state index < -0.39 is 10.0 Å². The van der Waals surface area contributed by atoms with Crippen LogP contribution in [0.2, 0.25) is 0 Å². The van der Waals surface area contributed by atoms with E-state index in [1.165, 1.54) is 16.4 Å². The summed E-state index contributed by atoms with van der Waals surface area (Å²) in [6.45, 7) is 3.12. The van der Waals surface area contributed by atoms with Gasteiger partial charge < -0.3 is 10.1 Å². The Kier molecular flexibility index (Phi) is 5.31. The van der Waals surface area contributed by atoms with E-state index in [-0.39, 0.29) is 10.8 Å². The highest BCUT2D eigenvalue weighted by Gasteiger charge is 2.27. The second-order valence-electron chi connectivity index (χ2n) is 6.83. The first kappa shape index (κ1) is 19.5. The molecule has 1 saturated heterocycles. The smallest absolute Gasteiger partial charge is 0.256 e. The van der Waals surface area contributed by atoms with Gasteiger partial charge in [-0.25, -0.2) is 8.42 Å². The molecule has 1 N–H and O–H groups in total. The largest absolute Gasteiger partial charge is 0.379 e. The van der Waals surface area contributed by atoms with E-state index in [0.717, 1.165) is 5.39 Å². The fourth-order valence-electron chi connectivity index (χ4n) is 3.34. The first-order valence-corrected chi connectivity index (χ1v) is 10.7. The van der Waals surface area contributed by atoms with E-state index in [4.69, 9.17) is 4.74 Å². The van der Waals surface area contributed by atoms with Gasteiger partial charge in [-0.15, -0.1) is 0 Å². The molecule has 0 atom stereocenters. The normalized spacial score (nSPS) is 15.3. The molecule has 150 valence electrons. The minimum atomic E-state index is -3.68. The number of aromatic nitrogens is 1. The molecule has 0 bridgehead atoms. The van der Waals surface area contributed by atoms with Crippen molar-refractivity contribution >= 4 is 32.5 Å². The average Bonchev–Trinajstić information content (AvgIpc) is 2.75. The van der Waals surface area contributed by atoms with Crippen LogP contribution < -0.4 is 5.32 Å². The molecule has 4 rings (SSSR count). The Morgan fingerprint density at radius 3 is 2.66 bits per heavy atom. The molecule has 3 aromatic rings. The van der Waals surface area contributed by atoms with E-state index in [0.29, 0.717) is 48.6 Å². The van der Waals surface area contributed by atoms with Crippen molar-refractivity contribution in [2.45, 2.75) is 11.8 Å². The van der Waals surface area contributed by atoms with Crippen LogP contribution in [0.3, 0.4) is 0 Å². The summed E-state index contributed by atoms with van der Waals surface area (Å²) >= 11 is 0. The highest BCUT2D eigenvalue weighted by atomic mass is 32.2. The first-order valence-electron chi connectivity index (χ1n) is 9.30. The Labute approximate surface area is 169 Å². The van der Waals surface area contributed by atoms with Crippen LogP contribution in [0.5, 0.6) is 0 Å². The zero-order valence-corrected chi connectivity index (χ0v) is 16.8. The van der Waals surface area contributed by atoms with Crippen molar-refractivity contribution in [3.8, 4) is 0 Å². The summed E-state index contributed by atoms with van der Waals surface area (Å²) in [7, 11) is -3.68. The number of aryl methyl sites for hydroxylation is 1. The third kappa shape index (κ3) is 3.87. The summed E-state index contributed by atoms with van der Waals surface area (Å²) in [5.41, 5.74) is 2.26. The monoisotopic (exact) mass is 411 g/mol. The Balaban J connectivity index is 1.66. The third-order valence-electron chi connectivity index (χ3n) is 4.94. The second kappa shape index (κ2) is 7.90. The van der Waals surface area contributed by atoms with Gasteiger partial charge in [0, 0.05) is 30.2 Å². The van der Waals surface area contributed by atoms with E-state index in [1.807, 2.05) is 24.3 Å². The summed E-state index contributed by atoms with van der Waals surface area (Å²) in [5, 5.41) is 3.78. The first-order chi connectivity index (χ1) is 14.0. The lowest BCUT2D eigenvalue weighted by Crippen LogP contribution is -2.40. The number of anilines is 1. The van der Waals surface area contributed by atoms with E-state index in [2.05, 4.69) is 10.3 Å².